The zero-order valence-corrected chi connectivity index (χ0v) is 14.4. The van der Waals surface area contributed by atoms with Crippen LogP contribution >= 0.6 is 11.6 Å². The summed E-state index contributed by atoms with van der Waals surface area (Å²) in [4.78, 5) is 12.0. The van der Waals surface area contributed by atoms with E-state index in [9.17, 15) is 9.18 Å². The molecule has 3 rings (SSSR count). The summed E-state index contributed by atoms with van der Waals surface area (Å²) in [5.74, 6) is -1.50. The van der Waals surface area contributed by atoms with Crippen LogP contribution in [0.2, 0.25) is 5.02 Å². The van der Waals surface area contributed by atoms with Crippen molar-refractivity contribution >= 4 is 17.5 Å². The van der Waals surface area contributed by atoms with E-state index in [4.69, 9.17) is 17.3 Å². The fourth-order valence-electron chi connectivity index (χ4n) is 2.76. The van der Waals surface area contributed by atoms with Crippen LogP contribution < -0.4 is 5.73 Å². The zero-order chi connectivity index (χ0) is 18.0. The van der Waals surface area contributed by atoms with Crippen molar-refractivity contribution in [1.29, 1.82) is 0 Å². The Morgan fingerprint density at radius 1 is 1.32 bits per heavy atom. The Labute approximate surface area is 150 Å². The highest BCUT2D eigenvalue weighted by Crippen LogP contribution is 2.26. The third kappa shape index (κ3) is 3.72. The number of nitrogens with two attached hydrogens (primary N) is 1. The molecule has 0 aliphatic rings. The van der Waals surface area contributed by atoms with Gasteiger partial charge in [0.1, 0.15) is 5.82 Å². The van der Waals surface area contributed by atoms with Crippen molar-refractivity contribution < 1.29 is 9.18 Å². The predicted molar refractivity (Wildman–Crippen MR) is 95.4 cm³/mol. The van der Waals surface area contributed by atoms with Crippen LogP contribution in [-0.4, -0.2) is 15.7 Å². The SMILES string of the molecule is Cc1ccccc1-n1cc(C(Cc2ccc(F)cc2Cl)C(N)=O)cn1. The van der Waals surface area contributed by atoms with E-state index in [1.54, 1.807) is 23.1 Å². The molecule has 4 nitrogen and oxygen atoms in total. The van der Waals surface area contributed by atoms with Crippen LogP contribution in [0, 0.1) is 12.7 Å². The van der Waals surface area contributed by atoms with Gasteiger partial charge in [-0.05, 0) is 42.7 Å². The average Bonchev–Trinajstić information content (AvgIpc) is 3.03. The molecule has 0 aliphatic carbocycles. The number of carbonyl (C=O) groups is 1. The van der Waals surface area contributed by atoms with Gasteiger partial charge in [0.05, 0.1) is 17.8 Å². The number of para-hydroxylation sites is 1. The first-order chi connectivity index (χ1) is 12.0. The van der Waals surface area contributed by atoms with Crippen LogP contribution in [0.5, 0.6) is 0 Å². The molecule has 128 valence electrons. The van der Waals surface area contributed by atoms with Crippen molar-refractivity contribution in [3.8, 4) is 5.69 Å². The van der Waals surface area contributed by atoms with Crippen molar-refractivity contribution in [1.82, 2.24) is 9.78 Å². The van der Waals surface area contributed by atoms with E-state index in [0.717, 1.165) is 11.3 Å². The first-order valence-electron chi connectivity index (χ1n) is 7.79. The van der Waals surface area contributed by atoms with Crippen molar-refractivity contribution in [3.05, 3.63) is 82.4 Å². The summed E-state index contributed by atoms with van der Waals surface area (Å²) in [7, 11) is 0. The highest BCUT2D eigenvalue weighted by atomic mass is 35.5. The molecule has 3 aromatic rings. The smallest absolute Gasteiger partial charge is 0.225 e. The summed E-state index contributed by atoms with van der Waals surface area (Å²) in [6, 6.07) is 11.9. The van der Waals surface area contributed by atoms with Crippen LogP contribution in [0.4, 0.5) is 4.39 Å². The second-order valence-corrected chi connectivity index (χ2v) is 6.31. The van der Waals surface area contributed by atoms with Crippen molar-refractivity contribution in [2.75, 3.05) is 0 Å². The minimum Gasteiger partial charge on any atom is -0.369 e. The number of aryl methyl sites for hydroxylation is 1. The molecule has 2 N–H and O–H groups in total. The fraction of sp³-hybridized carbons (Fsp3) is 0.158. The number of hydrogen-bond donors (Lipinski definition) is 1. The summed E-state index contributed by atoms with van der Waals surface area (Å²) in [5.41, 5.74) is 8.93. The normalized spacial score (nSPS) is 12.1. The maximum Gasteiger partial charge on any atom is 0.225 e. The Morgan fingerprint density at radius 2 is 2.08 bits per heavy atom. The molecule has 1 unspecified atom stereocenters. The Morgan fingerprint density at radius 3 is 2.76 bits per heavy atom. The van der Waals surface area contributed by atoms with Gasteiger partial charge in [0, 0.05) is 16.8 Å². The minimum absolute atomic E-state index is 0.276. The number of primary amides is 1. The lowest BCUT2D eigenvalue weighted by Gasteiger charge is -2.13. The van der Waals surface area contributed by atoms with E-state index in [0.29, 0.717) is 11.1 Å². The van der Waals surface area contributed by atoms with Crippen molar-refractivity contribution in [2.24, 2.45) is 5.73 Å². The highest BCUT2D eigenvalue weighted by Gasteiger charge is 2.22. The standard InChI is InChI=1S/C19H17ClFN3O/c1-12-4-2-3-5-18(12)24-11-14(10-23-24)16(19(22)25)8-13-6-7-15(21)9-17(13)20/h2-7,9-11,16H,8H2,1H3,(H2,22,25). The average molecular weight is 358 g/mol. The molecule has 6 heteroatoms. The molecule has 25 heavy (non-hydrogen) atoms. The second kappa shape index (κ2) is 7.07. The maximum atomic E-state index is 13.2. The first-order valence-corrected chi connectivity index (χ1v) is 8.17. The van der Waals surface area contributed by atoms with Gasteiger partial charge in [0.15, 0.2) is 0 Å². The van der Waals surface area contributed by atoms with E-state index < -0.39 is 17.6 Å². The molecule has 0 spiro atoms. The van der Waals surface area contributed by atoms with Gasteiger partial charge in [0.2, 0.25) is 5.91 Å². The van der Waals surface area contributed by atoms with E-state index in [1.807, 2.05) is 31.2 Å². The molecular weight excluding hydrogens is 341 g/mol. The first kappa shape index (κ1) is 17.2. The maximum absolute atomic E-state index is 13.2. The molecule has 0 saturated carbocycles. The lowest BCUT2D eigenvalue weighted by molar-refractivity contribution is -0.119. The molecule has 2 aromatic carbocycles. The zero-order valence-electron chi connectivity index (χ0n) is 13.6. The number of benzene rings is 2. The molecule has 1 amide bonds. The van der Waals surface area contributed by atoms with Gasteiger partial charge >= 0.3 is 0 Å². The lowest BCUT2D eigenvalue weighted by Crippen LogP contribution is -2.23. The summed E-state index contributed by atoms with van der Waals surface area (Å²) < 4.78 is 14.9. The Bertz CT molecular complexity index is 923. The lowest BCUT2D eigenvalue weighted by atomic mass is 9.93. The van der Waals surface area contributed by atoms with Gasteiger partial charge in [0.25, 0.3) is 0 Å². The molecule has 1 aromatic heterocycles. The summed E-state index contributed by atoms with van der Waals surface area (Å²) in [5, 5.41) is 4.62. The van der Waals surface area contributed by atoms with E-state index in [1.165, 1.54) is 12.1 Å². The topological polar surface area (TPSA) is 60.9 Å². The number of halogens is 2. The number of aromatic nitrogens is 2. The highest BCUT2D eigenvalue weighted by molar-refractivity contribution is 6.31. The van der Waals surface area contributed by atoms with E-state index in [2.05, 4.69) is 5.10 Å². The third-order valence-corrected chi connectivity index (χ3v) is 4.50. The molecule has 0 bridgehead atoms. The van der Waals surface area contributed by atoms with Crippen LogP contribution in [-0.2, 0) is 11.2 Å². The van der Waals surface area contributed by atoms with Gasteiger partial charge in [-0.25, -0.2) is 9.07 Å². The Balaban J connectivity index is 1.92. The van der Waals surface area contributed by atoms with Crippen LogP contribution in [0.25, 0.3) is 5.69 Å². The predicted octanol–water partition coefficient (Wildman–Crippen LogP) is 3.78. The van der Waals surface area contributed by atoms with Crippen LogP contribution in [0.15, 0.2) is 54.9 Å². The molecule has 0 fully saturated rings. The monoisotopic (exact) mass is 357 g/mol. The van der Waals surface area contributed by atoms with Crippen molar-refractivity contribution in [2.45, 2.75) is 19.3 Å². The quantitative estimate of drug-likeness (QED) is 0.755. The van der Waals surface area contributed by atoms with E-state index >= 15 is 0 Å². The summed E-state index contributed by atoms with van der Waals surface area (Å²) in [6.07, 6.45) is 3.70. The van der Waals surface area contributed by atoms with Gasteiger partial charge < -0.3 is 5.73 Å². The summed E-state index contributed by atoms with van der Waals surface area (Å²) >= 11 is 6.07. The van der Waals surface area contributed by atoms with Crippen molar-refractivity contribution in [3.63, 3.8) is 0 Å². The number of hydrogen-bond acceptors (Lipinski definition) is 2. The van der Waals surface area contributed by atoms with E-state index in [-0.39, 0.29) is 11.4 Å². The largest absolute Gasteiger partial charge is 0.369 e. The van der Waals surface area contributed by atoms with Crippen LogP contribution in [0.3, 0.4) is 0 Å². The Kier molecular flexibility index (Phi) is 4.86. The molecule has 1 atom stereocenters. The van der Waals surface area contributed by atoms with Gasteiger partial charge in [-0.15, -0.1) is 0 Å². The number of rotatable bonds is 5. The molecule has 0 aliphatic heterocycles. The fourth-order valence-corrected chi connectivity index (χ4v) is 3.00. The third-order valence-electron chi connectivity index (χ3n) is 4.15. The number of nitrogens with zero attached hydrogens (tertiary/aromatic N) is 2. The molecule has 0 radical (unpaired) electrons. The molecule has 0 saturated heterocycles. The number of carbonyl (C=O) groups excluding carboxylic acids is 1. The minimum atomic E-state index is -0.597. The molecular formula is C19H17ClFN3O. The summed E-state index contributed by atoms with van der Waals surface area (Å²) in [6.45, 7) is 1.99. The Hall–Kier alpha value is -2.66. The number of amides is 1. The van der Waals surface area contributed by atoms with Gasteiger partial charge in [-0.2, -0.15) is 5.10 Å². The van der Waals surface area contributed by atoms with Gasteiger partial charge in [-0.1, -0.05) is 35.9 Å². The second-order valence-electron chi connectivity index (χ2n) is 5.90. The van der Waals surface area contributed by atoms with Crippen LogP contribution in [0.1, 0.15) is 22.6 Å². The van der Waals surface area contributed by atoms with Gasteiger partial charge in [-0.3, -0.25) is 4.79 Å². The molecule has 1 heterocycles.